The molecule has 6 heteroatoms. The first kappa shape index (κ1) is 14.6. The molecule has 0 bridgehead atoms. The summed E-state index contributed by atoms with van der Waals surface area (Å²) in [5.41, 5.74) is 6.55. The minimum absolute atomic E-state index is 0.0734. The molecule has 5 nitrogen and oxygen atoms in total. The van der Waals surface area contributed by atoms with Gasteiger partial charge < -0.3 is 20.5 Å². The van der Waals surface area contributed by atoms with Crippen LogP contribution in [0.2, 0.25) is 0 Å². The van der Waals surface area contributed by atoms with Crippen molar-refractivity contribution in [1.82, 2.24) is 5.32 Å². The highest BCUT2D eigenvalue weighted by Gasteiger charge is 2.24. The average molecular weight is 294 g/mol. The summed E-state index contributed by atoms with van der Waals surface area (Å²) < 4.78 is 10.5. The Morgan fingerprint density at radius 2 is 2.10 bits per heavy atom. The van der Waals surface area contributed by atoms with Crippen molar-refractivity contribution in [3.05, 3.63) is 23.8 Å². The number of amides is 1. The topological polar surface area (TPSA) is 73.6 Å². The Labute approximate surface area is 123 Å². The number of nitrogens with one attached hydrogen (secondary N) is 1. The number of fused-ring (bicyclic) bond motifs is 1. The monoisotopic (exact) mass is 294 g/mol. The van der Waals surface area contributed by atoms with Crippen LogP contribution in [-0.4, -0.2) is 17.7 Å². The fourth-order valence-corrected chi connectivity index (χ4v) is 2.49. The summed E-state index contributed by atoms with van der Waals surface area (Å²) in [6.45, 7) is 4.48. The van der Waals surface area contributed by atoms with Gasteiger partial charge in [0, 0.05) is 6.54 Å². The minimum atomic E-state index is -0.445. The highest BCUT2D eigenvalue weighted by atomic mass is 32.1. The Morgan fingerprint density at radius 1 is 1.40 bits per heavy atom. The molecule has 20 heavy (non-hydrogen) atoms. The molecule has 1 aromatic rings. The molecule has 0 spiro atoms. The molecule has 2 rings (SSSR count). The van der Waals surface area contributed by atoms with Gasteiger partial charge in [-0.25, -0.2) is 0 Å². The summed E-state index contributed by atoms with van der Waals surface area (Å²) in [6, 6.07) is 5.57. The van der Waals surface area contributed by atoms with Gasteiger partial charge in [-0.05, 0) is 23.6 Å². The van der Waals surface area contributed by atoms with Crippen molar-refractivity contribution in [2.75, 3.05) is 6.79 Å². The Balaban J connectivity index is 1.98. The Hall–Kier alpha value is -1.82. The molecule has 0 radical (unpaired) electrons. The van der Waals surface area contributed by atoms with Crippen LogP contribution in [0.4, 0.5) is 0 Å². The summed E-state index contributed by atoms with van der Waals surface area (Å²) >= 11 is 4.95. The predicted molar refractivity (Wildman–Crippen MR) is 79.5 cm³/mol. The molecule has 0 saturated carbocycles. The van der Waals surface area contributed by atoms with Gasteiger partial charge in [-0.1, -0.05) is 32.1 Å². The number of thiocarbonyl (C=S) groups is 1. The van der Waals surface area contributed by atoms with Gasteiger partial charge in [-0.15, -0.1) is 0 Å². The Morgan fingerprint density at radius 3 is 2.75 bits per heavy atom. The third-order valence-electron chi connectivity index (χ3n) is 3.16. The quantitative estimate of drug-likeness (QED) is 0.807. The van der Waals surface area contributed by atoms with E-state index < -0.39 is 5.92 Å². The molecule has 0 aromatic heterocycles. The average Bonchev–Trinajstić information content (AvgIpc) is 2.82. The van der Waals surface area contributed by atoms with Crippen LogP contribution in [0.25, 0.3) is 0 Å². The summed E-state index contributed by atoms with van der Waals surface area (Å²) in [4.78, 5) is 12.3. The van der Waals surface area contributed by atoms with Crippen LogP contribution < -0.4 is 20.5 Å². The molecular formula is C14H18N2O3S. The van der Waals surface area contributed by atoms with Crippen molar-refractivity contribution in [2.24, 2.45) is 17.6 Å². The molecule has 1 amide bonds. The number of hydrogen-bond acceptors (Lipinski definition) is 4. The molecule has 1 aromatic carbocycles. The predicted octanol–water partition coefficient (Wildman–Crippen LogP) is 1.59. The number of benzene rings is 1. The second-order valence-corrected chi connectivity index (χ2v) is 5.50. The van der Waals surface area contributed by atoms with Gasteiger partial charge in [-0.3, -0.25) is 4.79 Å². The number of rotatable bonds is 5. The number of hydrogen-bond donors (Lipinski definition) is 2. The standard InChI is InChI=1S/C14H18N2O3S/c1-8(2)12(13(15)20)14(17)16-6-9-3-4-10-11(5-9)19-7-18-10/h3-5,8,12H,6-7H2,1-2H3,(H2,15,20)(H,16,17). The summed E-state index contributed by atoms with van der Waals surface area (Å²) in [6.07, 6.45) is 0. The number of carbonyl (C=O) groups is 1. The van der Waals surface area contributed by atoms with E-state index >= 15 is 0 Å². The summed E-state index contributed by atoms with van der Waals surface area (Å²) in [5.74, 6) is 0.906. The van der Waals surface area contributed by atoms with E-state index in [0.717, 1.165) is 11.3 Å². The lowest BCUT2D eigenvalue weighted by molar-refractivity contribution is -0.124. The molecule has 0 aliphatic carbocycles. The van der Waals surface area contributed by atoms with Crippen molar-refractivity contribution in [2.45, 2.75) is 20.4 Å². The minimum Gasteiger partial charge on any atom is -0.454 e. The van der Waals surface area contributed by atoms with Gasteiger partial charge in [0.05, 0.1) is 10.9 Å². The Kier molecular flexibility index (Phi) is 4.44. The zero-order chi connectivity index (χ0) is 14.7. The van der Waals surface area contributed by atoms with Gasteiger partial charge >= 0.3 is 0 Å². The largest absolute Gasteiger partial charge is 0.454 e. The fraction of sp³-hybridized carbons (Fsp3) is 0.429. The lowest BCUT2D eigenvalue weighted by Gasteiger charge is -2.18. The number of nitrogens with two attached hydrogens (primary N) is 1. The first-order valence-corrected chi connectivity index (χ1v) is 6.85. The number of carbonyl (C=O) groups excluding carboxylic acids is 1. The van der Waals surface area contributed by atoms with E-state index in [0.29, 0.717) is 12.3 Å². The molecule has 3 N–H and O–H groups in total. The molecule has 108 valence electrons. The van der Waals surface area contributed by atoms with Crippen LogP contribution in [0.5, 0.6) is 11.5 Å². The second kappa shape index (κ2) is 6.09. The van der Waals surface area contributed by atoms with Crippen LogP contribution in [0.15, 0.2) is 18.2 Å². The molecule has 1 aliphatic heterocycles. The number of ether oxygens (including phenoxy) is 2. The van der Waals surface area contributed by atoms with Crippen molar-refractivity contribution in [1.29, 1.82) is 0 Å². The van der Waals surface area contributed by atoms with Crippen LogP contribution in [0, 0.1) is 11.8 Å². The summed E-state index contributed by atoms with van der Waals surface area (Å²) in [7, 11) is 0. The zero-order valence-corrected chi connectivity index (χ0v) is 12.3. The highest BCUT2D eigenvalue weighted by molar-refractivity contribution is 7.80. The second-order valence-electron chi connectivity index (χ2n) is 5.03. The third kappa shape index (κ3) is 3.19. The molecule has 1 atom stereocenters. The van der Waals surface area contributed by atoms with E-state index in [9.17, 15) is 4.79 Å². The van der Waals surface area contributed by atoms with Crippen molar-refractivity contribution >= 4 is 23.1 Å². The van der Waals surface area contributed by atoms with Crippen molar-refractivity contribution in [3.63, 3.8) is 0 Å². The van der Waals surface area contributed by atoms with E-state index in [1.54, 1.807) is 0 Å². The maximum Gasteiger partial charge on any atom is 0.231 e. The smallest absolute Gasteiger partial charge is 0.231 e. The maximum absolute atomic E-state index is 12.1. The molecule has 0 saturated heterocycles. The SMILES string of the molecule is CC(C)C(C(=O)NCc1ccc2c(c1)OCO2)C(N)=S. The Bertz CT molecular complexity index is 531. The van der Waals surface area contributed by atoms with E-state index in [4.69, 9.17) is 27.4 Å². The normalized spacial score (nSPS) is 14.2. The fourth-order valence-electron chi connectivity index (χ4n) is 2.11. The highest BCUT2D eigenvalue weighted by Crippen LogP contribution is 2.32. The maximum atomic E-state index is 12.1. The van der Waals surface area contributed by atoms with Gasteiger partial charge in [0.2, 0.25) is 12.7 Å². The van der Waals surface area contributed by atoms with E-state index in [1.165, 1.54) is 0 Å². The molecular weight excluding hydrogens is 276 g/mol. The van der Waals surface area contributed by atoms with E-state index in [2.05, 4.69) is 5.32 Å². The van der Waals surface area contributed by atoms with Gasteiger partial charge in [0.1, 0.15) is 0 Å². The third-order valence-corrected chi connectivity index (χ3v) is 3.41. The zero-order valence-electron chi connectivity index (χ0n) is 11.5. The van der Waals surface area contributed by atoms with Crippen LogP contribution >= 0.6 is 12.2 Å². The molecule has 1 unspecified atom stereocenters. The first-order valence-electron chi connectivity index (χ1n) is 6.44. The van der Waals surface area contributed by atoms with Gasteiger partial charge in [0.25, 0.3) is 0 Å². The lowest BCUT2D eigenvalue weighted by atomic mass is 9.95. The van der Waals surface area contributed by atoms with Crippen LogP contribution in [-0.2, 0) is 11.3 Å². The van der Waals surface area contributed by atoms with Crippen LogP contribution in [0.1, 0.15) is 19.4 Å². The van der Waals surface area contributed by atoms with Gasteiger partial charge in [0.15, 0.2) is 11.5 Å². The van der Waals surface area contributed by atoms with Gasteiger partial charge in [-0.2, -0.15) is 0 Å². The van der Waals surface area contributed by atoms with Crippen LogP contribution in [0.3, 0.4) is 0 Å². The summed E-state index contributed by atoms with van der Waals surface area (Å²) in [5, 5.41) is 2.85. The first-order chi connectivity index (χ1) is 9.49. The molecule has 0 fully saturated rings. The van der Waals surface area contributed by atoms with E-state index in [-0.39, 0.29) is 23.6 Å². The molecule has 1 aliphatic rings. The van der Waals surface area contributed by atoms with Crippen molar-refractivity contribution in [3.8, 4) is 11.5 Å². The lowest BCUT2D eigenvalue weighted by Crippen LogP contribution is -2.40. The molecule has 1 heterocycles. The van der Waals surface area contributed by atoms with E-state index in [1.807, 2.05) is 32.0 Å². The van der Waals surface area contributed by atoms with Crippen molar-refractivity contribution < 1.29 is 14.3 Å².